The molecule has 2 aliphatic carbocycles. The van der Waals surface area contributed by atoms with E-state index in [9.17, 15) is 0 Å². The Morgan fingerprint density at radius 2 is 1.70 bits per heavy atom. The van der Waals surface area contributed by atoms with E-state index in [1.54, 1.807) is 0 Å². The monoisotopic (exact) mass is 396 g/mol. The van der Waals surface area contributed by atoms with Crippen molar-refractivity contribution in [1.82, 2.24) is 0 Å². The van der Waals surface area contributed by atoms with E-state index in [1.165, 1.54) is 51.2 Å². The van der Waals surface area contributed by atoms with Crippen LogP contribution in [0.4, 0.5) is 0 Å². The van der Waals surface area contributed by atoms with Crippen molar-refractivity contribution >= 4 is 6.88 Å². The minimum absolute atomic E-state index is 0. The second-order valence-corrected chi connectivity index (χ2v) is 4.86. The molecule has 0 saturated carbocycles. The summed E-state index contributed by atoms with van der Waals surface area (Å²) in [6.07, 6.45) is 9.38. The predicted molar refractivity (Wildman–Crippen MR) is 104 cm³/mol. The van der Waals surface area contributed by atoms with Crippen molar-refractivity contribution < 1.29 is 23.3 Å². The molecule has 0 saturated heterocycles. The van der Waals surface area contributed by atoms with E-state index in [4.69, 9.17) is 0 Å². The van der Waals surface area contributed by atoms with Gasteiger partial charge in [-0.2, -0.15) is 35.9 Å². The van der Waals surface area contributed by atoms with Crippen LogP contribution in [0.2, 0.25) is 0 Å². The average Bonchev–Trinajstić information content (AvgIpc) is 3.16. The Bertz CT molecular complexity index is 625. The van der Waals surface area contributed by atoms with Gasteiger partial charge in [0.15, 0.2) is 0 Å². The number of fused-ring (bicyclic) bond motifs is 3. The van der Waals surface area contributed by atoms with Crippen LogP contribution in [0.5, 0.6) is 0 Å². The Morgan fingerprint density at radius 3 is 2.30 bits per heavy atom. The molecule has 2 aromatic rings. The largest absolute Gasteiger partial charge is 0.179 e. The summed E-state index contributed by atoms with van der Waals surface area (Å²) in [7, 11) is 0. The van der Waals surface area contributed by atoms with Gasteiger partial charge in [-0.15, -0.1) is 12.0 Å². The maximum Gasteiger partial charge on any atom is -0.0253 e. The van der Waals surface area contributed by atoms with Crippen molar-refractivity contribution in [2.75, 3.05) is 0 Å². The smallest absolute Gasteiger partial charge is 0.0253 e. The summed E-state index contributed by atoms with van der Waals surface area (Å²) in [5.41, 5.74) is 6.78. The fourth-order valence-electron chi connectivity index (χ4n) is 2.51. The minimum atomic E-state index is 0. The Hall–Kier alpha value is -0.980. The number of benzene rings is 2. The number of hydrogen-bond acceptors (Lipinski definition) is 0. The maximum absolute atomic E-state index is 3.30. The Balaban J connectivity index is 0.000000418. The van der Waals surface area contributed by atoms with Crippen LogP contribution in [-0.4, -0.2) is 6.88 Å². The molecule has 0 aliphatic heterocycles. The van der Waals surface area contributed by atoms with Crippen molar-refractivity contribution in [2.24, 2.45) is 0 Å². The van der Waals surface area contributed by atoms with Crippen LogP contribution in [-0.2, 0) is 29.8 Å². The normalized spacial score (nSPS) is 12.0. The maximum atomic E-state index is 3.30. The summed E-state index contributed by atoms with van der Waals surface area (Å²) in [6, 6.07) is 18.1. The van der Waals surface area contributed by atoms with Gasteiger partial charge in [0.05, 0.1) is 0 Å². The first kappa shape index (κ1) is 22.0. The van der Waals surface area contributed by atoms with Gasteiger partial charge in [-0.05, 0) is 6.42 Å². The van der Waals surface area contributed by atoms with E-state index in [0.29, 0.717) is 0 Å². The van der Waals surface area contributed by atoms with Gasteiger partial charge in [0.1, 0.15) is 0 Å². The minimum Gasteiger partial charge on any atom is -0.179 e. The molecule has 0 unspecified atom stereocenters. The third-order valence-electron chi connectivity index (χ3n) is 3.48. The summed E-state index contributed by atoms with van der Waals surface area (Å²) in [6.45, 7) is 4.09. The first-order chi connectivity index (χ1) is 10.3. The van der Waals surface area contributed by atoms with Gasteiger partial charge in [0.25, 0.3) is 0 Å². The second kappa shape index (κ2) is 11.5. The molecule has 0 aromatic heterocycles. The molecule has 122 valence electrons. The molecule has 2 aliphatic rings. The third kappa shape index (κ3) is 5.86. The Morgan fingerprint density at radius 1 is 1.00 bits per heavy atom. The second-order valence-electron chi connectivity index (χ2n) is 4.86. The number of allylic oxidation sites excluding steroid dienone is 4. The standard InChI is InChI=1S/C13H9.C6H7.2CH3.H2Si.Zr.2H/c1-3-7-12-10(5-1)9-11-6-2-4-8-13(11)12;1-6-4-2-3-5-6;;;;;;/h1-5,7-8H,9H2;2,4H,3H2,1H3;2*1H3;1H2;;;/q4*-1;;;;. The molecule has 2 heteroatoms. The summed E-state index contributed by atoms with van der Waals surface area (Å²) in [4.78, 5) is 0. The van der Waals surface area contributed by atoms with Gasteiger partial charge in [-0.1, -0.05) is 42.3 Å². The Kier molecular flexibility index (Phi) is 11.0. The zero-order valence-corrected chi connectivity index (χ0v) is 19.4. The zero-order chi connectivity index (χ0) is 15.1. The van der Waals surface area contributed by atoms with Crippen LogP contribution >= 0.6 is 0 Å². The fraction of sp³-hybridized carbons (Fsp3) is 0.143. The number of hydrogen-bond donors (Lipinski definition) is 0. The van der Waals surface area contributed by atoms with Crippen LogP contribution in [0, 0.1) is 27.0 Å². The molecule has 0 fully saturated rings. The van der Waals surface area contributed by atoms with E-state index in [2.05, 4.69) is 67.6 Å². The molecule has 4 rings (SSSR count). The molecular weight excluding hydrogens is 372 g/mol. The number of rotatable bonds is 0. The van der Waals surface area contributed by atoms with Crippen LogP contribution in [0.3, 0.4) is 0 Å². The van der Waals surface area contributed by atoms with Crippen LogP contribution < -0.4 is 0 Å². The quantitative estimate of drug-likeness (QED) is 0.394. The van der Waals surface area contributed by atoms with Gasteiger partial charge >= 0.3 is 30.2 Å². The SMILES string of the molecule is CC1=[C-]CC=C1.[CH3-].[CH3-].[SiH2]=[ZrH2].[c-]1cccc2c1Cc1ccccc1-2. The van der Waals surface area contributed by atoms with E-state index in [1.807, 2.05) is 12.9 Å². The molecule has 0 atom stereocenters. The topological polar surface area (TPSA) is 0 Å². The fourth-order valence-corrected chi connectivity index (χ4v) is 2.51. The summed E-state index contributed by atoms with van der Waals surface area (Å²) >= 11 is 1.18. The van der Waals surface area contributed by atoms with E-state index in [0.717, 1.165) is 12.8 Å². The summed E-state index contributed by atoms with van der Waals surface area (Å²) in [5.74, 6) is 0. The zero-order valence-electron chi connectivity index (χ0n) is 14.5. The summed E-state index contributed by atoms with van der Waals surface area (Å²) in [5, 5.41) is 0. The molecule has 0 nitrogen and oxygen atoms in total. The van der Waals surface area contributed by atoms with Crippen molar-refractivity contribution in [2.45, 2.75) is 19.8 Å². The van der Waals surface area contributed by atoms with Gasteiger partial charge in [-0.3, -0.25) is 6.08 Å². The van der Waals surface area contributed by atoms with E-state index >= 15 is 0 Å². The first-order valence-corrected chi connectivity index (χ1v) is 15.5. The van der Waals surface area contributed by atoms with Gasteiger partial charge in [0.2, 0.25) is 0 Å². The molecule has 0 amide bonds. The molecule has 23 heavy (non-hydrogen) atoms. The first-order valence-electron chi connectivity index (χ1n) is 7.16. The molecular formula is C21H26SiZr-4. The molecule has 0 heterocycles. The van der Waals surface area contributed by atoms with Gasteiger partial charge < -0.3 is 14.9 Å². The van der Waals surface area contributed by atoms with E-state index in [-0.39, 0.29) is 14.9 Å². The van der Waals surface area contributed by atoms with Crippen LogP contribution in [0.15, 0.2) is 60.2 Å². The van der Waals surface area contributed by atoms with Gasteiger partial charge in [-0.25, -0.2) is 11.6 Å². The molecule has 0 radical (unpaired) electrons. The molecule has 0 spiro atoms. The third-order valence-corrected chi connectivity index (χ3v) is 3.48. The molecule has 0 N–H and O–H groups in total. The van der Waals surface area contributed by atoms with Crippen LogP contribution in [0.25, 0.3) is 11.1 Å². The van der Waals surface area contributed by atoms with E-state index < -0.39 is 0 Å². The van der Waals surface area contributed by atoms with Crippen LogP contribution in [0.1, 0.15) is 24.5 Å². The molecule has 0 bridgehead atoms. The van der Waals surface area contributed by atoms with Crippen molar-refractivity contribution in [3.05, 3.63) is 98.3 Å². The molecule has 2 aromatic carbocycles. The average molecular weight is 398 g/mol. The summed E-state index contributed by atoms with van der Waals surface area (Å²) < 4.78 is 0. The predicted octanol–water partition coefficient (Wildman–Crippen LogP) is 4.20. The Labute approximate surface area is 158 Å². The van der Waals surface area contributed by atoms with Crippen molar-refractivity contribution in [3.8, 4) is 11.1 Å². The van der Waals surface area contributed by atoms with Gasteiger partial charge in [0, 0.05) is 0 Å². The van der Waals surface area contributed by atoms with Crippen molar-refractivity contribution in [3.63, 3.8) is 0 Å². The van der Waals surface area contributed by atoms with Crippen molar-refractivity contribution in [1.29, 1.82) is 0 Å².